The number of nitrogens with zero attached hydrogens (tertiary/aromatic N) is 2. The summed E-state index contributed by atoms with van der Waals surface area (Å²) in [5.74, 6) is -1.54. The van der Waals surface area contributed by atoms with Gasteiger partial charge in [0.25, 0.3) is 5.91 Å². The second kappa shape index (κ2) is 5.34. The van der Waals surface area contributed by atoms with E-state index >= 15 is 0 Å². The Morgan fingerprint density at radius 1 is 1.26 bits per heavy atom. The SMILES string of the molecule is Cn1nccc1CNC(=O)c1ccccc1C(=O)O. The molecule has 1 aromatic heterocycles. The molecule has 0 atom stereocenters. The zero-order chi connectivity index (χ0) is 13.8. The highest BCUT2D eigenvalue weighted by Crippen LogP contribution is 2.09. The summed E-state index contributed by atoms with van der Waals surface area (Å²) in [7, 11) is 1.77. The Morgan fingerprint density at radius 2 is 1.95 bits per heavy atom. The molecule has 0 saturated carbocycles. The molecular weight excluding hydrogens is 246 g/mol. The minimum Gasteiger partial charge on any atom is -0.478 e. The Hall–Kier alpha value is -2.63. The third-order valence-electron chi connectivity index (χ3n) is 2.75. The predicted molar refractivity (Wildman–Crippen MR) is 67.8 cm³/mol. The number of hydrogen-bond acceptors (Lipinski definition) is 3. The average Bonchev–Trinajstić information content (AvgIpc) is 2.81. The molecule has 0 bridgehead atoms. The van der Waals surface area contributed by atoms with Gasteiger partial charge in [0.1, 0.15) is 0 Å². The number of aryl methyl sites for hydroxylation is 1. The van der Waals surface area contributed by atoms with E-state index in [-0.39, 0.29) is 11.1 Å². The first-order chi connectivity index (χ1) is 9.09. The van der Waals surface area contributed by atoms with E-state index in [2.05, 4.69) is 10.4 Å². The first-order valence-electron chi connectivity index (χ1n) is 5.67. The van der Waals surface area contributed by atoms with Crippen molar-refractivity contribution in [2.45, 2.75) is 6.54 Å². The van der Waals surface area contributed by atoms with Crippen LogP contribution in [0, 0.1) is 0 Å². The summed E-state index contributed by atoms with van der Waals surface area (Å²) in [6, 6.07) is 7.89. The number of nitrogens with one attached hydrogen (secondary N) is 1. The zero-order valence-electron chi connectivity index (χ0n) is 10.3. The molecule has 1 heterocycles. The van der Waals surface area contributed by atoms with Crippen molar-refractivity contribution < 1.29 is 14.7 Å². The maximum atomic E-state index is 12.0. The fourth-order valence-electron chi connectivity index (χ4n) is 1.71. The van der Waals surface area contributed by atoms with Crippen LogP contribution in [0.25, 0.3) is 0 Å². The number of aromatic nitrogens is 2. The van der Waals surface area contributed by atoms with Gasteiger partial charge in [-0.1, -0.05) is 12.1 Å². The third-order valence-corrected chi connectivity index (χ3v) is 2.75. The molecule has 0 fully saturated rings. The van der Waals surface area contributed by atoms with Gasteiger partial charge in [-0.2, -0.15) is 5.10 Å². The molecule has 2 N–H and O–H groups in total. The number of carbonyl (C=O) groups is 2. The van der Waals surface area contributed by atoms with Gasteiger partial charge in [0.2, 0.25) is 0 Å². The molecule has 2 aromatic rings. The highest BCUT2D eigenvalue weighted by atomic mass is 16.4. The lowest BCUT2D eigenvalue weighted by Crippen LogP contribution is -2.25. The van der Waals surface area contributed by atoms with Gasteiger partial charge in [-0.15, -0.1) is 0 Å². The molecule has 6 nitrogen and oxygen atoms in total. The number of benzene rings is 1. The second-order valence-corrected chi connectivity index (χ2v) is 3.98. The van der Waals surface area contributed by atoms with Crippen LogP contribution in [-0.4, -0.2) is 26.8 Å². The summed E-state index contributed by atoms with van der Waals surface area (Å²) in [5.41, 5.74) is 0.975. The van der Waals surface area contributed by atoms with Gasteiger partial charge in [-0.25, -0.2) is 4.79 Å². The van der Waals surface area contributed by atoms with E-state index in [0.29, 0.717) is 6.54 Å². The van der Waals surface area contributed by atoms with Gasteiger partial charge in [-0.05, 0) is 18.2 Å². The lowest BCUT2D eigenvalue weighted by Gasteiger charge is -2.07. The maximum Gasteiger partial charge on any atom is 0.336 e. The fraction of sp³-hybridized carbons (Fsp3) is 0.154. The molecule has 0 aliphatic heterocycles. The van der Waals surface area contributed by atoms with Crippen molar-refractivity contribution in [3.8, 4) is 0 Å². The maximum absolute atomic E-state index is 12.0. The van der Waals surface area contributed by atoms with Crippen molar-refractivity contribution in [2.75, 3.05) is 0 Å². The van der Waals surface area contributed by atoms with Crippen LogP contribution in [0.15, 0.2) is 36.5 Å². The van der Waals surface area contributed by atoms with Crippen molar-refractivity contribution in [1.82, 2.24) is 15.1 Å². The number of carboxylic acids is 1. The summed E-state index contributed by atoms with van der Waals surface area (Å²) in [6.45, 7) is 0.295. The topological polar surface area (TPSA) is 84.2 Å². The fourth-order valence-corrected chi connectivity index (χ4v) is 1.71. The summed E-state index contributed by atoms with van der Waals surface area (Å²) < 4.78 is 1.64. The van der Waals surface area contributed by atoms with E-state index in [9.17, 15) is 9.59 Å². The highest BCUT2D eigenvalue weighted by Gasteiger charge is 2.15. The first-order valence-corrected chi connectivity index (χ1v) is 5.67. The number of rotatable bonds is 4. The van der Waals surface area contributed by atoms with Gasteiger partial charge in [0.15, 0.2) is 0 Å². The molecule has 0 spiro atoms. The lowest BCUT2D eigenvalue weighted by molar-refractivity contribution is 0.0691. The van der Waals surface area contributed by atoms with E-state index < -0.39 is 11.9 Å². The van der Waals surface area contributed by atoms with E-state index in [1.807, 2.05) is 0 Å². The molecule has 1 aromatic carbocycles. The van der Waals surface area contributed by atoms with Crippen LogP contribution in [0.1, 0.15) is 26.4 Å². The molecular formula is C13H13N3O3. The molecule has 19 heavy (non-hydrogen) atoms. The average molecular weight is 259 g/mol. The Labute approximate surface area is 109 Å². The van der Waals surface area contributed by atoms with Crippen molar-refractivity contribution in [1.29, 1.82) is 0 Å². The number of carboxylic acid groups (broad SMARTS) is 1. The molecule has 0 unspecified atom stereocenters. The van der Waals surface area contributed by atoms with Gasteiger partial charge in [0, 0.05) is 13.2 Å². The van der Waals surface area contributed by atoms with Crippen LogP contribution in [0.4, 0.5) is 0 Å². The number of amides is 1. The first kappa shape index (κ1) is 12.8. The van der Waals surface area contributed by atoms with Crippen molar-refractivity contribution in [3.05, 3.63) is 53.3 Å². The van der Waals surface area contributed by atoms with Crippen LogP contribution >= 0.6 is 0 Å². The van der Waals surface area contributed by atoms with Crippen LogP contribution in [-0.2, 0) is 13.6 Å². The number of aromatic carboxylic acids is 1. The lowest BCUT2D eigenvalue weighted by atomic mass is 10.1. The minimum atomic E-state index is -1.12. The quantitative estimate of drug-likeness (QED) is 0.859. The molecule has 0 aliphatic rings. The molecule has 0 radical (unpaired) electrons. The normalized spacial score (nSPS) is 10.2. The van der Waals surface area contributed by atoms with Gasteiger partial charge < -0.3 is 10.4 Å². The second-order valence-electron chi connectivity index (χ2n) is 3.98. The summed E-state index contributed by atoms with van der Waals surface area (Å²) in [6.07, 6.45) is 1.63. The van der Waals surface area contributed by atoms with Crippen molar-refractivity contribution in [2.24, 2.45) is 7.05 Å². The molecule has 98 valence electrons. The standard InChI is InChI=1S/C13H13N3O3/c1-16-9(6-7-15-16)8-14-12(17)10-4-2-3-5-11(10)13(18)19/h2-7H,8H2,1H3,(H,14,17)(H,18,19). The van der Waals surface area contributed by atoms with Crippen LogP contribution in [0.2, 0.25) is 0 Å². The highest BCUT2D eigenvalue weighted by molar-refractivity contribution is 6.04. The van der Waals surface area contributed by atoms with E-state index in [1.54, 1.807) is 36.1 Å². The Balaban J connectivity index is 2.13. The minimum absolute atomic E-state index is 0.00925. The van der Waals surface area contributed by atoms with Crippen LogP contribution in [0.5, 0.6) is 0 Å². The zero-order valence-corrected chi connectivity index (χ0v) is 10.3. The smallest absolute Gasteiger partial charge is 0.336 e. The Kier molecular flexibility index (Phi) is 3.61. The monoisotopic (exact) mass is 259 g/mol. The third kappa shape index (κ3) is 2.79. The number of hydrogen-bond donors (Lipinski definition) is 2. The Bertz CT molecular complexity index is 619. The van der Waals surface area contributed by atoms with E-state index in [1.165, 1.54) is 12.1 Å². The largest absolute Gasteiger partial charge is 0.478 e. The van der Waals surface area contributed by atoms with Gasteiger partial charge in [-0.3, -0.25) is 9.48 Å². The van der Waals surface area contributed by atoms with E-state index in [0.717, 1.165) is 5.69 Å². The van der Waals surface area contributed by atoms with Crippen LogP contribution < -0.4 is 5.32 Å². The molecule has 6 heteroatoms. The summed E-state index contributed by atoms with van der Waals surface area (Å²) in [5, 5.41) is 15.7. The molecule has 0 saturated heterocycles. The molecule has 2 rings (SSSR count). The predicted octanol–water partition coefficient (Wildman–Crippen LogP) is 1.05. The van der Waals surface area contributed by atoms with Gasteiger partial charge >= 0.3 is 5.97 Å². The summed E-state index contributed by atoms with van der Waals surface area (Å²) >= 11 is 0. The van der Waals surface area contributed by atoms with Crippen molar-refractivity contribution >= 4 is 11.9 Å². The van der Waals surface area contributed by atoms with Crippen LogP contribution in [0.3, 0.4) is 0 Å². The van der Waals surface area contributed by atoms with E-state index in [4.69, 9.17) is 5.11 Å². The Morgan fingerprint density at radius 3 is 2.53 bits per heavy atom. The van der Waals surface area contributed by atoms with Crippen molar-refractivity contribution in [3.63, 3.8) is 0 Å². The summed E-state index contributed by atoms with van der Waals surface area (Å²) in [4.78, 5) is 23.0. The number of carbonyl (C=O) groups excluding carboxylic acids is 1. The molecule has 1 amide bonds. The van der Waals surface area contributed by atoms with Gasteiger partial charge in [0.05, 0.1) is 23.4 Å². The molecule has 0 aliphatic carbocycles.